The number of nitrogens with zero attached hydrogens (tertiary/aromatic N) is 2. The highest BCUT2D eigenvalue weighted by atomic mass is 19.1. The average molecular weight is 541 g/mol. The van der Waals surface area contributed by atoms with E-state index in [0.717, 1.165) is 22.4 Å². The zero-order valence-electron chi connectivity index (χ0n) is 21.7. The van der Waals surface area contributed by atoms with Crippen LogP contribution < -0.4 is 4.90 Å². The summed E-state index contributed by atoms with van der Waals surface area (Å²) in [5, 5.41) is 19.9. The first-order valence-corrected chi connectivity index (χ1v) is 13.4. The van der Waals surface area contributed by atoms with Crippen LogP contribution in [0.5, 0.6) is 5.75 Å². The summed E-state index contributed by atoms with van der Waals surface area (Å²) >= 11 is 0. The van der Waals surface area contributed by atoms with Gasteiger partial charge in [0.15, 0.2) is 11.6 Å². The molecule has 2 saturated heterocycles. The van der Waals surface area contributed by atoms with Crippen molar-refractivity contribution < 1.29 is 28.9 Å². The molecule has 1 aliphatic carbocycles. The van der Waals surface area contributed by atoms with E-state index in [9.17, 15) is 24.2 Å². The third-order valence-electron chi connectivity index (χ3n) is 8.20. The molecular formula is C32H29FN2O5. The number of imide groups is 1. The molecule has 0 saturated carbocycles. The molecule has 204 valence electrons. The highest BCUT2D eigenvalue weighted by Gasteiger charge is 2.57. The van der Waals surface area contributed by atoms with Gasteiger partial charge in [-0.3, -0.25) is 19.5 Å². The molecule has 7 nitrogen and oxygen atoms in total. The van der Waals surface area contributed by atoms with Crippen molar-refractivity contribution in [2.75, 3.05) is 18.1 Å². The SMILES string of the molecule is O=C1[C@@H]2[C@@H](CC(CO)=C3[C@@H](CC/C(=C/c4ccc(O)c(F)c4)c4ccccn4)OC[C@@H]32)C(=O)N1c1ccccc1. The Balaban J connectivity index is 1.27. The van der Waals surface area contributed by atoms with E-state index in [0.29, 0.717) is 37.1 Å². The highest BCUT2D eigenvalue weighted by molar-refractivity contribution is 6.22. The monoisotopic (exact) mass is 540 g/mol. The van der Waals surface area contributed by atoms with Crippen LogP contribution in [0.25, 0.3) is 11.6 Å². The summed E-state index contributed by atoms with van der Waals surface area (Å²) in [4.78, 5) is 32.7. The van der Waals surface area contributed by atoms with Crippen molar-refractivity contribution in [1.82, 2.24) is 4.98 Å². The van der Waals surface area contributed by atoms with E-state index >= 15 is 0 Å². The molecule has 3 aliphatic rings. The van der Waals surface area contributed by atoms with Crippen molar-refractivity contribution in [3.63, 3.8) is 0 Å². The molecule has 3 aromatic rings. The number of amides is 2. The number of phenolic OH excluding ortho intramolecular Hbond substituents is 1. The van der Waals surface area contributed by atoms with Crippen LogP contribution >= 0.6 is 0 Å². The lowest BCUT2D eigenvalue weighted by molar-refractivity contribution is -0.122. The lowest BCUT2D eigenvalue weighted by Crippen LogP contribution is -2.35. The topological polar surface area (TPSA) is 100.0 Å². The molecule has 0 radical (unpaired) electrons. The number of allylic oxidation sites excluding steroid dienone is 1. The maximum atomic E-state index is 14.0. The van der Waals surface area contributed by atoms with Crippen molar-refractivity contribution in [3.8, 4) is 5.75 Å². The van der Waals surface area contributed by atoms with Gasteiger partial charge in [-0.1, -0.05) is 30.3 Å². The number of pyridine rings is 1. The van der Waals surface area contributed by atoms with Gasteiger partial charge in [-0.15, -0.1) is 0 Å². The van der Waals surface area contributed by atoms with Crippen molar-refractivity contribution in [2.45, 2.75) is 25.4 Å². The number of carbonyl (C=O) groups is 2. The van der Waals surface area contributed by atoms with E-state index in [1.54, 1.807) is 36.5 Å². The van der Waals surface area contributed by atoms with Crippen LogP contribution in [0.4, 0.5) is 10.1 Å². The molecule has 2 fully saturated rings. The number of anilines is 1. The summed E-state index contributed by atoms with van der Waals surface area (Å²) in [5.41, 5.74) is 4.45. The minimum absolute atomic E-state index is 0.197. The van der Waals surface area contributed by atoms with Gasteiger partial charge in [-0.25, -0.2) is 4.39 Å². The Morgan fingerprint density at radius 3 is 2.58 bits per heavy atom. The quantitative estimate of drug-likeness (QED) is 0.331. The number of halogens is 1. The fourth-order valence-electron chi connectivity index (χ4n) is 6.38. The van der Waals surface area contributed by atoms with Crippen molar-refractivity contribution in [3.05, 3.63) is 101 Å². The van der Waals surface area contributed by atoms with Gasteiger partial charge in [0.25, 0.3) is 0 Å². The Bertz CT molecular complexity index is 1500. The van der Waals surface area contributed by atoms with E-state index in [-0.39, 0.29) is 30.4 Å². The molecular weight excluding hydrogens is 511 g/mol. The van der Waals surface area contributed by atoms with Crippen LogP contribution in [0.15, 0.2) is 84.1 Å². The number of hydrogen-bond acceptors (Lipinski definition) is 6. The zero-order chi connectivity index (χ0) is 27.8. The molecule has 2 N–H and O–H groups in total. The number of aliphatic hydroxyl groups is 1. The largest absolute Gasteiger partial charge is 0.505 e. The summed E-state index contributed by atoms with van der Waals surface area (Å²) in [6, 6.07) is 18.8. The maximum absolute atomic E-state index is 14.0. The zero-order valence-corrected chi connectivity index (χ0v) is 21.7. The second-order valence-electron chi connectivity index (χ2n) is 10.5. The molecule has 3 heterocycles. The molecule has 0 spiro atoms. The average Bonchev–Trinajstić information content (AvgIpc) is 3.51. The number of hydrogen-bond donors (Lipinski definition) is 2. The summed E-state index contributed by atoms with van der Waals surface area (Å²) in [6.07, 6.45) is 4.63. The number of carbonyl (C=O) groups excluding carboxylic acids is 2. The number of aliphatic hydroxyl groups excluding tert-OH is 1. The molecule has 4 atom stereocenters. The van der Waals surface area contributed by atoms with Crippen molar-refractivity contribution in [1.29, 1.82) is 0 Å². The summed E-state index contributed by atoms with van der Waals surface area (Å²) in [6.45, 7) is 0.107. The van der Waals surface area contributed by atoms with Crippen LogP contribution in [0.1, 0.15) is 30.5 Å². The maximum Gasteiger partial charge on any atom is 0.238 e. The first-order chi connectivity index (χ1) is 19.5. The van der Waals surface area contributed by atoms with E-state index < -0.39 is 23.4 Å². The van der Waals surface area contributed by atoms with Gasteiger partial charge >= 0.3 is 0 Å². The molecule has 2 aromatic carbocycles. The Hall–Kier alpha value is -4.14. The molecule has 40 heavy (non-hydrogen) atoms. The molecule has 0 unspecified atom stereocenters. The number of fused-ring (bicyclic) bond motifs is 3. The van der Waals surface area contributed by atoms with Gasteiger partial charge in [0.05, 0.1) is 42.5 Å². The standard InChI is InChI=1S/C32H29FN2O5/c33-25-15-19(9-11-27(25)37)14-20(26-8-4-5-13-34-26)10-12-28-29-21(17-36)16-23-30(24(29)18-40-28)32(39)35(31(23)38)22-6-2-1-3-7-22/h1-9,11,13-15,23-24,28,30,36-37H,10,12,16-18H2/b20-14-/t23-,24+,28-,30-/m1/s1. The molecule has 1 aromatic heterocycles. The number of ether oxygens (including phenoxy) is 1. The van der Waals surface area contributed by atoms with Gasteiger partial charge in [-0.2, -0.15) is 0 Å². The fourth-order valence-corrected chi connectivity index (χ4v) is 6.38. The first-order valence-electron chi connectivity index (χ1n) is 13.4. The summed E-state index contributed by atoms with van der Waals surface area (Å²) in [5.74, 6) is -2.86. The smallest absolute Gasteiger partial charge is 0.238 e. The lowest BCUT2D eigenvalue weighted by Gasteiger charge is -2.31. The van der Waals surface area contributed by atoms with Crippen LogP contribution in [-0.4, -0.2) is 46.3 Å². The number of aromatic nitrogens is 1. The Labute approximate surface area is 231 Å². The van der Waals surface area contributed by atoms with Gasteiger partial charge in [0.2, 0.25) is 11.8 Å². The van der Waals surface area contributed by atoms with E-state index in [4.69, 9.17) is 4.74 Å². The second kappa shape index (κ2) is 10.8. The van der Waals surface area contributed by atoms with E-state index in [2.05, 4.69) is 4.98 Å². The molecule has 2 amide bonds. The lowest BCUT2D eigenvalue weighted by atomic mass is 9.69. The molecule has 6 rings (SSSR count). The number of para-hydroxylation sites is 1. The minimum atomic E-state index is -0.703. The third kappa shape index (κ3) is 4.63. The highest BCUT2D eigenvalue weighted by Crippen LogP contribution is 2.50. The van der Waals surface area contributed by atoms with Crippen LogP contribution in [-0.2, 0) is 14.3 Å². The summed E-state index contributed by atoms with van der Waals surface area (Å²) in [7, 11) is 0. The van der Waals surface area contributed by atoms with Crippen molar-refractivity contribution >= 4 is 29.2 Å². The Morgan fingerprint density at radius 2 is 1.85 bits per heavy atom. The molecule has 8 heteroatoms. The molecule has 0 bridgehead atoms. The fraction of sp³-hybridized carbons (Fsp3) is 0.281. The van der Waals surface area contributed by atoms with Crippen LogP contribution in [0.2, 0.25) is 0 Å². The number of benzene rings is 2. The number of rotatable bonds is 7. The van der Waals surface area contributed by atoms with E-state index in [1.807, 2.05) is 30.3 Å². The number of phenols is 1. The van der Waals surface area contributed by atoms with Crippen molar-refractivity contribution in [2.24, 2.45) is 17.8 Å². The van der Waals surface area contributed by atoms with Gasteiger partial charge in [0, 0.05) is 12.1 Å². The molecule has 2 aliphatic heterocycles. The summed E-state index contributed by atoms with van der Waals surface area (Å²) < 4.78 is 20.3. The van der Waals surface area contributed by atoms with E-state index in [1.165, 1.54) is 17.0 Å². The third-order valence-corrected chi connectivity index (χ3v) is 8.20. The van der Waals surface area contributed by atoms with Gasteiger partial charge in [-0.05, 0) is 84.0 Å². The van der Waals surface area contributed by atoms with Crippen LogP contribution in [0, 0.1) is 23.6 Å². The number of aromatic hydroxyl groups is 1. The minimum Gasteiger partial charge on any atom is -0.505 e. The second-order valence-corrected chi connectivity index (χ2v) is 10.5. The normalized spacial score (nSPS) is 24.4. The first kappa shape index (κ1) is 26.1. The predicted octanol–water partition coefficient (Wildman–Crippen LogP) is 4.76. The predicted molar refractivity (Wildman–Crippen MR) is 147 cm³/mol. The van der Waals surface area contributed by atoms with Gasteiger partial charge in [0.1, 0.15) is 0 Å². The Kier molecular flexibility index (Phi) is 7.04. The van der Waals surface area contributed by atoms with Gasteiger partial charge < -0.3 is 14.9 Å². The Morgan fingerprint density at radius 1 is 1.05 bits per heavy atom. The van der Waals surface area contributed by atoms with Crippen LogP contribution in [0.3, 0.4) is 0 Å².